The van der Waals surface area contributed by atoms with Crippen molar-refractivity contribution in [1.29, 1.82) is 0 Å². The Morgan fingerprint density at radius 2 is 2.18 bits per heavy atom. The van der Waals surface area contributed by atoms with Crippen molar-refractivity contribution < 1.29 is 0 Å². The van der Waals surface area contributed by atoms with Gasteiger partial charge < -0.3 is 9.88 Å². The van der Waals surface area contributed by atoms with E-state index >= 15 is 0 Å². The third-order valence-electron chi connectivity index (χ3n) is 3.14. The largest absolute Gasteiger partial charge is 0.348 e. The number of nitrogens with zero attached hydrogens (tertiary/aromatic N) is 3. The number of halogens is 1. The predicted octanol–water partition coefficient (Wildman–Crippen LogP) is 3.01. The van der Waals surface area contributed by atoms with Crippen LogP contribution in [-0.4, -0.2) is 28.0 Å². The molecular formula is C11H13BrN4S. The molecular weight excluding hydrogens is 300 g/mol. The van der Waals surface area contributed by atoms with E-state index in [2.05, 4.69) is 35.8 Å². The average molecular weight is 313 g/mol. The lowest BCUT2D eigenvalue weighted by Gasteiger charge is -2.30. The Bertz CT molecular complexity index is 473. The SMILES string of the molecule is Brc1cnc(N2CCC(c3ncc[nH]3)CC2)s1. The highest BCUT2D eigenvalue weighted by molar-refractivity contribution is 9.11. The van der Waals surface area contributed by atoms with Gasteiger partial charge in [0.1, 0.15) is 5.82 Å². The Morgan fingerprint density at radius 3 is 2.76 bits per heavy atom. The van der Waals surface area contributed by atoms with Gasteiger partial charge in [-0.05, 0) is 28.8 Å². The summed E-state index contributed by atoms with van der Waals surface area (Å²) < 4.78 is 1.10. The van der Waals surface area contributed by atoms with Gasteiger partial charge in [-0.3, -0.25) is 0 Å². The fourth-order valence-corrected chi connectivity index (χ4v) is 3.47. The smallest absolute Gasteiger partial charge is 0.186 e. The molecule has 2 aromatic rings. The molecule has 4 nitrogen and oxygen atoms in total. The molecule has 0 atom stereocenters. The number of piperidine rings is 1. The molecule has 6 heteroatoms. The highest BCUT2D eigenvalue weighted by atomic mass is 79.9. The number of nitrogens with one attached hydrogen (secondary N) is 1. The van der Waals surface area contributed by atoms with E-state index in [0.717, 1.165) is 40.7 Å². The summed E-state index contributed by atoms with van der Waals surface area (Å²) >= 11 is 5.16. The summed E-state index contributed by atoms with van der Waals surface area (Å²) in [6.45, 7) is 2.12. The standard InChI is InChI=1S/C11H13BrN4S/c12-9-7-15-11(17-9)16-5-1-8(2-6-16)10-13-3-4-14-10/h3-4,7-8H,1-2,5-6H2,(H,13,14). The van der Waals surface area contributed by atoms with Crippen molar-refractivity contribution in [3.63, 3.8) is 0 Å². The number of rotatable bonds is 2. The van der Waals surface area contributed by atoms with Crippen LogP contribution < -0.4 is 4.90 Å². The Kier molecular flexibility index (Phi) is 3.15. The number of imidazole rings is 1. The van der Waals surface area contributed by atoms with Gasteiger partial charge in [-0.2, -0.15) is 0 Å². The zero-order valence-corrected chi connectivity index (χ0v) is 11.7. The molecule has 0 radical (unpaired) electrons. The van der Waals surface area contributed by atoms with Crippen LogP contribution in [0.4, 0.5) is 5.13 Å². The van der Waals surface area contributed by atoms with Gasteiger partial charge in [-0.25, -0.2) is 9.97 Å². The minimum Gasteiger partial charge on any atom is -0.348 e. The molecule has 3 heterocycles. The number of H-pyrrole nitrogens is 1. The van der Waals surface area contributed by atoms with Gasteiger partial charge in [0.25, 0.3) is 0 Å². The second-order valence-electron chi connectivity index (χ2n) is 4.18. The average Bonchev–Trinajstić information content (AvgIpc) is 3.00. The van der Waals surface area contributed by atoms with Crippen LogP contribution in [0.2, 0.25) is 0 Å². The van der Waals surface area contributed by atoms with Crippen LogP contribution >= 0.6 is 27.3 Å². The van der Waals surface area contributed by atoms with E-state index in [1.165, 1.54) is 0 Å². The molecule has 17 heavy (non-hydrogen) atoms. The maximum atomic E-state index is 4.40. The van der Waals surface area contributed by atoms with Gasteiger partial charge in [0, 0.05) is 31.4 Å². The molecule has 1 aliphatic heterocycles. The Hall–Kier alpha value is -0.880. The number of aromatic nitrogens is 3. The first-order valence-electron chi connectivity index (χ1n) is 5.68. The van der Waals surface area contributed by atoms with Crippen LogP contribution in [0.25, 0.3) is 0 Å². The third kappa shape index (κ3) is 2.37. The van der Waals surface area contributed by atoms with Crippen molar-refractivity contribution >= 4 is 32.4 Å². The number of hydrogen-bond acceptors (Lipinski definition) is 4. The fraction of sp³-hybridized carbons (Fsp3) is 0.455. The second kappa shape index (κ2) is 4.78. The Morgan fingerprint density at radius 1 is 1.35 bits per heavy atom. The highest BCUT2D eigenvalue weighted by Gasteiger charge is 2.23. The maximum absolute atomic E-state index is 4.40. The van der Waals surface area contributed by atoms with E-state index in [9.17, 15) is 0 Å². The van der Waals surface area contributed by atoms with Gasteiger partial charge in [-0.15, -0.1) is 0 Å². The molecule has 0 aliphatic carbocycles. The summed E-state index contributed by atoms with van der Waals surface area (Å²) in [5.74, 6) is 1.70. The van der Waals surface area contributed by atoms with E-state index in [4.69, 9.17) is 0 Å². The topological polar surface area (TPSA) is 44.8 Å². The molecule has 0 amide bonds. The Balaban J connectivity index is 1.64. The highest BCUT2D eigenvalue weighted by Crippen LogP contribution is 2.32. The first-order valence-corrected chi connectivity index (χ1v) is 7.29. The van der Waals surface area contributed by atoms with Crippen LogP contribution in [0.3, 0.4) is 0 Å². The summed E-state index contributed by atoms with van der Waals surface area (Å²) in [5.41, 5.74) is 0. The van der Waals surface area contributed by atoms with Crippen molar-refractivity contribution in [2.24, 2.45) is 0 Å². The number of aromatic amines is 1. The molecule has 0 saturated carbocycles. The van der Waals surface area contributed by atoms with Crippen LogP contribution in [0.5, 0.6) is 0 Å². The molecule has 1 N–H and O–H groups in total. The number of hydrogen-bond donors (Lipinski definition) is 1. The molecule has 1 fully saturated rings. The molecule has 3 rings (SSSR count). The molecule has 2 aromatic heterocycles. The molecule has 0 spiro atoms. The van der Waals surface area contributed by atoms with E-state index in [0.29, 0.717) is 5.92 Å². The molecule has 90 valence electrons. The number of thiazole rings is 1. The molecule has 1 saturated heterocycles. The van der Waals surface area contributed by atoms with E-state index in [1.807, 2.05) is 18.6 Å². The molecule has 0 aromatic carbocycles. The van der Waals surface area contributed by atoms with Crippen molar-refractivity contribution in [2.45, 2.75) is 18.8 Å². The lowest BCUT2D eigenvalue weighted by molar-refractivity contribution is 0.488. The van der Waals surface area contributed by atoms with Crippen LogP contribution in [0.15, 0.2) is 22.4 Å². The quantitative estimate of drug-likeness (QED) is 0.927. The summed E-state index contributed by atoms with van der Waals surface area (Å²) in [7, 11) is 0. The monoisotopic (exact) mass is 312 g/mol. The predicted molar refractivity (Wildman–Crippen MR) is 72.6 cm³/mol. The molecule has 1 aliphatic rings. The van der Waals surface area contributed by atoms with Crippen LogP contribution in [0, 0.1) is 0 Å². The normalized spacial score (nSPS) is 17.6. The first-order chi connectivity index (χ1) is 8.33. The van der Waals surface area contributed by atoms with Crippen molar-refractivity contribution in [3.8, 4) is 0 Å². The van der Waals surface area contributed by atoms with E-state index in [-0.39, 0.29) is 0 Å². The number of anilines is 1. The maximum Gasteiger partial charge on any atom is 0.186 e. The molecule has 0 unspecified atom stereocenters. The van der Waals surface area contributed by atoms with Gasteiger partial charge in [0.15, 0.2) is 5.13 Å². The zero-order chi connectivity index (χ0) is 11.7. The van der Waals surface area contributed by atoms with Gasteiger partial charge in [0.2, 0.25) is 0 Å². The first kappa shape index (κ1) is 11.2. The Labute approximate surface area is 112 Å². The van der Waals surface area contributed by atoms with Crippen molar-refractivity contribution in [1.82, 2.24) is 15.0 Å². The fourth-order valence-electron chi connectivity index (χ4n) is 2.24. The van der Waals surface area contributed by atoms with Crippen LogP contribution in [-0.2, 0) is 0 Å². The van der Waals surface area contributed by atoms with Crippen molar-refractivity contribution in [2.75, 3.05) is 18.0 Å². The van der Waals surface area contributed by atoms with Crippen LogP contribution in [0.1, 0.15) is 24.6 Å². The summed E-state index contributed by atoms with van der Waals surface area (Å²) in [4.78, 5) is 14.3. The van der Waals surface area contributed by atoms with E-state index in [1.54, 1.807) is 11.3 Å². The van der Waals surface area contributed by atoms with Gasteiger partial charge in [0.05, 0.1) is 9.98 Å². The van der Waals surface area contributed by atoms with Crippen molar-refractivity contribution in [3.05, 3.63) is 28.2 Å². The van der Waals surface area contributed by atoms with Gasteiger partial charge in [-0.1, -0.05) is 11.3 Å². The lowest BCUT2D eigenvalue weighted by Crippen LogP contribution is -2.33. The molecule has 0 bridgehead atoms. The van der Waals surface area contributed by atoms with E-state index < -0.39 is 0 Å². The summed E-state index contributed by atoms with van der Waals surface area (Å²) in [6, 6.07) is 0. The summed E-state index contributed by atoms with van der Waals surface area (Å²) in [6.07, 6.45) is 7.90. The van der Waals surface area contributed by atoms with Gasteiger partial charge >= 0.3 is 0 Å². The lowest BCUT2D eigenvalue weighted by atomic mass is 9.96. The minimum atomic E-state index is 0.574. The third-order valence-corrected chi connectivity index (χ3v) is 4.67. The zero-order valence-electron chi connectivity index (χ0n) is 9.27. The minimum absolute atomic E-state index is 0.574. The second-order valence-corrected chi connectivity index (χ2v) is 6.57. The summed E-state index contributed by atoms with van der Waals surface area (Å²) in [5, 5.41) is 1.12.